The van der Waals surface area contributed by atoms with E-state index in [1.807, 2.05) is 0 Å². The van der Waals surface area contributed by atoms with Gasteiger partial charge in [-0.05, 0) is 33.6 Å². The number of hydrogen-bond donors (Lipinski definition) is 1. The third-order valence-corrected chi connectivity index (χ3v) is 6.93. The highest BCUT2D eigenvalue weighted by Crippen LogP contribution is 2.31. The second-order valence-corrected chi connectivity index (χ2v) is 9.82. The van der Waals surface area contributed by atoms with Crippen molar-refractivity contribution in [1.82, 2.24) is 38.6 Å². The van der Waals surface area contributed by atoms with E-state index in [9.17, 15) is 14.4 Å². The molecule has 1 N–H and O–H groups in total. The second kappa shape index (κ2) is 8.91. The second-order valence-electron chi connectivity index (χ2n) is 9.82. The van der Waals surface area contributed by atoms with Crippen LogP contribution in [-0.4, -0.2) is 56.6 Å². The Kier molecular flexibility index (Phi) is 5.85. The Morgan fingerprint density at radius 1 is 1.05 bits per heavy atom. The van der Waals surface area contributed by atoms with Crippen LogP contribution >= 0.6 is 0 Å². The molecule has 13 heteroatoms. The summed E-state index contributed by atoms with van der Waals surface area (Å²) in [6.07, 6.45) is 9.98. The molecule has 0 bridgehead atoms. The Balaban J connectivity index is 1.37. The maximum atomic E-state index is 13.1. The van der Waals surface area contributed by atoms with Gasteiger partial charge in [0, 0.05) is 44.1 Å². The molecule has 4 aromatic rings. The lowest BCUT2D eigenvalue weighted by Crippen LogP contribution is -2.39. The zero-order valence-electron chi connectivity index (χ0n) is 21.3. The fourth-order valence-electron chi connectivity index (χ4n) is 4.65. The van der Waals surface area contributed by atoms with Crippen LogP contribution in [0, 0.1) is 0 Å². The minimum atomic E-state index is -0.813. The lowest BCUT2D eigenvalue weighted by atomic mass is 10.0. The van der Waals surface area contributed by atoms with Crippen molar-refractivity contribution in [2.45, 2.75) is 45.2 Å². The number of aryl methyl sites for hydroxylation is 1. The largest absolute Gasteiger partial charge is 0.336 e. The van der Waals surface area contributed by atoms with Crippen LogP contribution in [0.15, 0.2) is 40.7 Å². The Morgan fingerprint density at radius 2 is 1.78 bits per heavy atom. The minimum absolute atomic E-state index is 0.0155. The summed E-state index contributed by atoms with van der Waals surface area (Å²) in [6, 6.07) is -0.813. The molecule has 5 heterocycles. The van der Waals surface area contributed by atoms with Crippen molar-refractivity contribution in [2.75, 3.05) is 16.8 Å². The van der Waals surface area contributed by atoms with Crippen molar-refractivity contribution in [1.29, 1.82) is 0 Å². The van der Waals surface area contributed by atoms with Gasteiger partial charge in [0.25, 0.3) is 5.56 Å². The molecule has 13 nitrogen and oxygen atoms in total. The summed E-state index contributed by atoms with van der Waals surface area (Å²) in [5, 5.41) is 2.74. The van der Waals surface area contributed by atoms with Crippen molar-refractivity contribution >= 4 is 28.8 Å². The molecule has 0 aliphatic carbocycles. The molecule has 1 aliphatic rings. The highest BCUT2D eigenvalue weighted by Gasteiger charge is 2.33. The summed E-state index contributed by atoms with van der Waals surface area (Å²) in [5.41, 5.74) is 0.533. The summed E-state index contributed by atoms with van der Waals surface area (Å²) in [6.45, 7) is 6.91. The molecule has 4 aromatic heterocycles. The number of imidazole rings is 1. The van der Waals surface area contributed by atoms with Crippen molar-refractivity contribution in [2.24, 2.45) is 14.1 Å². The fraction of sp³-hybridized carbons (Fsp3) is 0.417. The smallest absolute Gasteiger partial charge is 0.332 e. The highest BCUT2D eigenvalue weighted by atomic mass is 16.2. The van der Waals surface area contributed by atoms with Crippen LogP contribution < -0.4 is 21.5 Å². The van der Waals surface area contributed by atoms with E-state index in [4.69, 9.17) is 0 Å². The zero-order valence-corrected chi connectivity index (χ0v) is 21.3. The summed E-state index contributed by atoms with van der Waals surface area (Å²) in [4.78, 5) is 62.1. The highest BCUT2D eigenvalue weighted by molar-refractivity contribution is 5.93. The number of fused-ring (bicyclic) bond motifs is 1. The Labute approximate surface area is 211 Å². The molecule has 1 amide bonds. The van der Waals surface area contributed by atoms with Gasteiger partial charge in [0.15, 0.2) is 17.0 Å². The van der Waals surface area contributed by atoms with Crippen LogP contribution in [0.2, 0.25) is 0 Å². The quantitative estimate of drug-likeness (QED) is 0.424. The van der Waals surface area contributed by atoms with Gasteiger partial charge in [0.2, 0.25) is 11.9 Å². The number of nitrogens with one attached hydrogen (secondary N) is 1. The lowest BCUT2D eigenvalue weighted by Gasteiger charge is -2.31. The van der Waals surface area contributed by atoms with Gasteiger partial charge >= 0.3 is 5.69 Å². The SMILES string of the molecule is CC(C(=O)Nc1cncc(-c2cnc(N3CCCC3(C)C)nc2)n1)n1cnc2c1c(=O)n(C)c(=O)n2C. The molecule has 1 aliphatic heterocycles. The van der Waals surface area contributed by atoms with Gasteiger partial charge in [-0.3, -0.25) is 23.7 Å². The predicted molar refractivity (Wildman–Crippen MR) is 137 cm³/mol. The fourth-order valence-corrected chi connectivity index (χ4v) is 4.65. The van der Waals surface area contributed by atoms with Crippen LogP contribution in [0.4, 0.5) is 11.8 Å². The van der Waals surface area contributed by atoms with E-state index in [1.165, 1.54) is 35.8 Å². The zero-order chi connectivity index (χ0) is 26.5. The molecule has 1 saturated heterocycles. The van der Waals surface area contributed by atoms with Gasteiger partial charge in [-0.25, -0.2) is 24.7 Å². The van der Waals surface area contributed by atoms with Crippen LogP contribution in [-0.2, 0) is 18.9 Å². The first-order chi connectivity index (χ1) is 17.6. The summed E-state index contributed by atoms with van der Waals surface area (Å²) in [7, 11) is 2.91. The Hall–Kier alpha value is -4.42. The average molecular weight is 505 g/mol. The first kappa shape index (κ1) is 24.3. The average Bonchev–Trinajstić information content (AvgIpc) is 3.49. The third kappa shape index (κ3) is 4.15. The summed E-state index contributed by atoms with van der Waals surface area (Å²) >= 11 is 0. The number of aromatic nitrogens is 8. The predicted octanol–water partition coefficient (Wildman–Crippen LogP) is 1.26. The van der Waals surface area contributed by atoms with Gasteiger partial charge in [0.1, 0.15) is 6.04 Å². The Bertz CT molecular complexity index is 1620. The first-order valence-electron chi connectivity index (χ1n) is 11.9. The number of anilines is 2. The molecule has 0 spiro atoms. The van der Waals surface area contributed by atoms with Crippen LogP contribution in [0.25, 0.3) is 22.4 Å². The van der Waals surface area contributed by atoms with Gasteiger partial charge in [-0.15, -0.1) is 0 Å². The van der Waals surface area contributed by atoms with Crippen molar-refractivity contribution in [3.63, 3.8) is 0 Å². The topological polar surface area (TPSA) is 146 Å². The molecule has 1 unspecified atom stereocenters. The molecule has 0 radical (unpaired) electrons. The van der Waals surface area contributed by atoms with Crippen LogP contribution in [0.5, 0.6) is 0 Å². The van der Waals surface area contributed by atoms with Gasteiger partial charge in [-0.2, -0.15) is 0 Å². The van der Waals surface area contributed by atoms with E-state index in [0.717, 1.165) is 24.0 Å². The third-order valence-electron chi connectivity index (χ3n) is 6.93. The van der Waals surface area contributed by atoms with E-state index >= 15 is 0 Å². The van der Waals surface area contributed by atoms with Crippen molar-refractivity contribution in [3.05, 3.63) is 52.0 Å². The normalized spacial score (nSPS) is 15.8. The monoisotopic (exact) mass is 504 g/mol. The number of carbonyl (C=O) groups excluding carboxylic acids is 1. The van der Waals surface area contributed by atoms with Crippen molar-refractivity contribution in [3.8, 4) is 11.3 Å². The number of amides is 1. The maximum Gasteiger partial charge on any atom is 0.332 e. The molecular formula is C24H28N10O3. The van der Waals surface area contributed by atoms with Crippen LogP contribution in [0.3, 0.4) is 0 Å². The maximum absolute atomic E-state index is 13.1. The lowest BCUT2D eigenvalue weighted by molar-refractivity contribution is -0.118. The molecule has 1 atom stereocenters. The van der Waals surface area contributed by atoms with Gasteiger partial charge in [-0.1, -0.05) is 0 Å². The van der Waals surface area contributed by atoms with Crippen LogP contribution in [0.1, 0.15) is 39.7 Å². The van der Waals surface area contributed by atoms with E-state index in [2.05, 4.69) is 49.0 Å². The van der Waals surface area contributed by atoms with E-state index in [0.29, 0.717) is 17.2 Å². The Morgan fingerprint density at radius 3 is 2.46 bits per heavy atom. The molecule has 0 aromatic carbocycles. The van der Waals surface area contributed by atoms with Crippen molar-refractivity contribution < 1.29 is 4.79 Å². The molecular weight excluding hydrogens is 476 g/mol. The minimum Gasteiger partial charge on any atom is -0.336 e. The molecule has 1 fully saturated rings. The van der Waals surface area contributed by atoms with E-state index in [1.54, 1.807) is 25.5 Å². The van der Waals surface area contributed by atoms with Gasteiger partial charge in [0.05, 0.1) is 24.4 Å². The standard InChI is InChI=1S/C24H28N10O3/c1-14(33-13-28-19-18(33)21(36)32(5)23(37)31(19)4)20(35)30-17-12-25-11-16(29-17)15-9-26-22(27-10-15)34-8-6-7-24(34,2)3/h9-14H,6-8H2,1-5H3,(H,29,30,35). The van der Waals surface area contributed by atoms with Gasteiger partial charge < -0.3 is 14.8 Å². The number of nitrogens with zero attached hydrogens (tertiary/aromatic N) is 9. The summed E-state index contributed by atoms with van der Waals surface area (Å²) in [5.74, 6) is 0.488. The number of rotatable bonds is 5. The molecule has 0 saturated carbocycles. The summed E-state index contributed by atoms with van der Waals surface area (Å²) < 4.78 is 3.69. The molecule has 5 rings (SSSR count). The molecule has 37 heavy (non-hydrogen) atoms. The molecule has 192 valence electrons. The van der Waals surface area contributed by atoms with E-state index in [-0.39, 0.29) is 22.5 Å². The first-order valence-corrected chi connectivity index (χ1v) is 11.9. The van der Waals surface area contributed by atoms with E-state index < -0.39 is 23.2 Å². The number of carbonyl (C=O) groups is 1. The number of hydrogen-bond acceptors (Lipinski definition) is 9.